The van der Waals surface area contributed by atoms with Crippen LogP contribution in [0.3, 0.4) is 0 Å². The van der Waals surface area contributed by atoms with Crippen LogP contribution < -0.4 is 10.8 Å². The molecule has 0 aliphatic carbocycles. The van der Waals surface area contributed by atoms with Crippen LogP contribution in [0.4, 0.5) is 0 Å². The van der Waals surface area contributed by atoms with E-state index < -0.39 is 17.9 Å². The van der Waals surface area contributed by atoms with Gasteiger partial charge in [0.05, 0.1) is 0 Å². The standard InChI is InChI=1S/C13H16N2O4.C4H8O.C4H10/c1-9(13(17)18)14-8-11-4-2-10(3-5-11)6-7-12(16)15-19;1-2-4-5-3-1;1-4(2)3/h2-7,9,14,19H,8H2,1H3,(H,15,16)(H,17,18);1-4H2;4H,1-3H3/b7-6+;;. The number of rotatable bonds is 6. The third-order valence-electron chi connectivity index (χ3n) is 3.33. The van der Waals surface area contributed by atoms with Crippen LogP contribution >= 0.6 is 0 Å². The van der Waals surface area contributed by atoms with E-state index in [2.05, 4.69) is 26.1 Å². The van der Waals surface area contributed by atoms with Gasteiger partial charge in [0.15, 0.2) is 0 Å². The van der Waals surface area contributed by atoms with Crippen molar-refractivity contribution in [1.82, 2.24) is 10.8 Å². The quantitative estimate of drug-likeness (QED) is 0.335. The highest BCUT2D eigenvalue weighted by Gasteiger charge is 2.08. The van der Waals surface area contributed by atoms with E-state index in [-0.39, 0.29) is 0 Å². The first-order valence-corrected chi connectivity index (χ1v) is 9.51. The van der Waals surface area contributed by atoms with Crippen molar-refractivity contribution < 1.29 is 24.6 Å². The summed E-state index contributed by atoms with van der Waals surface area (Å²) in [6, 6.07) is 6.65. The van der Waals surface area contributed by atoms with Gasteiger partial charge in [-0.05, 0) is 42.9 Å². The second-order valence-corrected chi connectivity index (χ2v) is 7.04. The Labute approximate surface area is 167 Å². The van der Waals surface area contributed by atoms with Crippen LogP contribution in [0.2, 0.25) is 0 Å². The number of hydrogen-bond acceptors (Lipinski definition) is 5. The maximum Gasteiger partial charge on any atom is 0.320 e. The SMILES string of the molecule is C1CCOC1.CC(C)C.CC(NCc1ccc(/C=C/C(=O)NO)cc1)C(=O)O. The zero-order valence-electron chi connectivity index (χ0n) is 17.3. The van der Waals surface area contributed by atoms with Gasteiger partial charge in [-0.2, -0.15) is 0 Å². The number of carboxylic acid groups (broad SMARTS) is 1. The van der Waals surface area contributed by atoms with Crippen molar-refractivity contribution >= 4 is 18.0 Å². The zero-order valence-corrected chi connectivity index (χ0v) is 17.3. The predicted octanol–water partition coefficient (Wildman–Crippen LogP) is 3.23. The van der Waals surface area contributed by atoms with Gasteiger partial charge in [0.1, 0.15) is 6.04 Å². The molecule has 0 radical (unpaired) electrons. The van der Waals surface area contributed by atoms with Gasteiger partial charge in [0.25, 0.3) is 5.91 Å². The van der Waals surface area contributed by atoms with Gasteiger partial charge in [0.2, 0.25) is 0 Å². The Balaban J connectivity index is 0.000000662. The summed E-state index contributed by atoms with van der Waals surface area (Å²) in [6.07, 6.45) is 5.32. The number of benzene rings is 1. The first-order valence-electron chi connectivity index (χ1n) is 9.51. The molecule has 0 bridgehead atoms. The third kappa shape index (κ3) is 14.9. The van der Waals surface area contributed by atoms with E-state index in [0.717, 1.165) is 30.3 Å². The number of carbonyl (C=O) groups excluding carboxylic acids is 1. The van der Waals surface area contributed by atoms with Gasteiger partial charge in [-0.15, -0.1) is 0 Å². The predicted molar refractivity (Wildman–Crippen MR) is 110 cm³/mol. The van der Waals surface area contributed by atoms with Crippen molar-refractivity contribution in [2.75, 3.05) is 13.2 Å². The van der Waals surface area contributed by atoms with Crippen LogP contribution in [0, 0.1) is 5.92 Å². The Morgan fingerprint density at radius 1 is 1.11 bits per heavy atom. The number of hydrogen-bond donors (Lipinski definition) is 4. The fourth-order valence-electron chi connectivity index (χ4n) is 1.82. The average molecular weight is 395 g/mol. The highest BCUT2D eigenvalue weighted by atomic mass is 16.5. The summed E-state index contributed by atoms with van der Waals surface area (Å²) in [5.74, 6) is -0.657. The molecule has 28 heavy (non-hydrogen) atoms. The summed E-state index contributed by atoms with van der Waals surface area (Å²) in [5, 5.41) is 19.9. The van der Waals surface area contributed by atoms with E-state index in [1.165, 1.54) is 24.4 Å². The van der Waals surface area contributed by atoms with Crippen LogP contribution in [0.15, 0.2) is 30.3 Å². The maximum atomic E-state index is 10.8. The summed E-state index contributed by atoms with van der Waals surface area (Å²) >= 11 is 0. The van der Waals surface area contributed by atoms with Crippen molar-refractivity contribution in [1.29, 1.82) is 0 Å². The minimum Gasteiger partial charge on any atom is -0.480 e. The van der Waals surface area contributed by atoms with Crippen molar-refractivity contribution in [2.24, 2.45) is 5.92 Å². The lowest BCUT2D eigenvalue weighted by Gasteiger charge is -2.08. The van der Waals surface area contributed by atoms with Crippen molar-refractivity contribution in [3.63, 3.8) is 0 Å². The molecule has 1 aromatic carbocycles. The Morgan fingerprint density at radius 3 is 2.04 bits per heavy atom. The normalized spacial score (nSPS) is 13.9. The van der Waals surface area contributed by atoms with Gasteiger partial charge in [-0.3, -0.25) is 14.8 Å². The van der Waals surface area contributed by atoms with Crippen LogP contribution in [0.5, 0.6) is 0 Å². The molecule has 1 amide bonds. The van der Waals surface area contributed by atoms with E-state index in [1.807, 2.05) is 12.1 Å². The number of amides is 1. The number of hydroxylamine groups is 1. The Kier molecular flexibility index (Phi) is 14.5. The molecule has 0 saturated carbocycles. The van der Waals surface area contributed by atoms with Crippen LogP contribution in [-0.4, -0.2) is 41.4 Å². The summed E-state index contributed by atoms with van der Waals surface area (Å²) < 4.78 is 4.94. The molecule has 1 aliphatic rings. The lowest BCUT2D eigenvalue weighted by atomic mass is 10.1. The topological polar surface area (TPSA) is 108 Å². The molecule has 1 unspecified atom stereocenters. The monoisotopic (exact) mass is 394 g/mol. The molecular formula is C21H34N2O5. The molecule has 158 valence electrons. The molecule has 0 aromatic heterocycles. The number of nitrogens with one attached hydrogen (secondary N) is 2. The summed E-state index contributed by atoms with van der Waals surface area (Å²) in [6.45, 7) is 10.5. The van der Waals surface area contributed by atoms with Crippen LogP contribution in [0.1, 0.15) is 51.7 Å². The first-order chi connectivity index (χ1) is 13.3. The van der Waals surface area contributed by atoms with Crippen molar-refractivity contribution in [3.8, 4) is 0 Å². The fraction of sp³-hybridized carbons (Fsp3) is 0.524. The Bertz CT molecular complexity index is 571. The number of carbonyl (C=O) groups is 2. The minimum absolute atomic E-state index is 0.453. The van der Waals surface area contributed by atoms with Gasteiger partial charge in [0, 0.05) is 25.8 Å². The van der Waals surface area contributed by atoms with E-state index in [9.17, 15) is 9.59 Å². The average Bonchev–Trinajstić information content (AvgIpc) is 3.24. The second kappa shape index (κ2) is 15.8. The molecule has 0 spiro atoms. The van der Waals surface area contributed by atoms with Crippen LogP contribution in [-0.2, 0) is 20.9 Å². The number of ether oxygens (including phenoxy) is 1. The van der Waals surface area contributed by atoms with Crippen molar-refractivity contribution in [3.05, 3.63) is 41.5 Å². The van der Waals surface area contributed by atoms with E-state index in [1.54, 1.807) is 25.1 Å². The van der Waals surface area contributed by atoms with E-state index in [0.29, 0.717) is 6.54 Å². The second-order valence-electron chi connectivity index (χ2n) is 7.04. The van der Waals surface area contributed by atoms with Gasteiger partial charge in [-0.25, -0.2) is 5.48 Å². The highest BCUT2D eigenvalue weighted by molar-refractivity contribution is 5.90. The molecule has 7 nitrogen and oxygen atoms in total. The molecule has 1 fully saturated rings. The van der Waals surface area contributed by atoms with Gasteiger partial charge < -0.3 is 15.2 Å². The lowest BCUT2D eigenvalue weighted by Crippen LogP contribution is -2.33. The van der Waals surface area contributed by atoms with E-state index in [4.69, 9.17) is 15.1 Å². The van der Waals surface area contributed by atoms with Crippen LogP contribution in [0.25, 0.3) is 6.08 Å². The molecule has 4 N–H and O–H groups in total. The largest absolute Gasteiger partial charge is 0.480 e. The summed E-state index contributed by atoms with van der Waals surface area (Å²) in [5.41, 5.74) is 3.24. The molecule has 7 heteroatoms. The number of carboxylic acids is 1. The molecule has 2 rings (SSSR count). The maximum absolute atomic E-state index is 10.8. The Hall–Kier alpha value is -2.22. The number of aliphatic carboxylic acids is 1. The first kappa shape index (κ1) is 25.8. The van der Waals surface area contributed by atoms with E-state index >= 15 is 0 Å². The van der Waals surface area contributed by atoms with Gasteiger partial charge >= 0.3 is 5.97 Å². The molecule has 1 aliphatic heterocycles. The molecule has 1 saturated heterocycles. The smallest absolute Gasteiger partial charge is 0.320 e. The highest BCUT2D eigenvalue weighted by Crippen LogP contribution is 2.06. The van der Waals surface area contributed by atoms with Crippen molar-refractivity contribution in [2.45, 2.75) is 53.1 Å². The zero-order chi connectivity index (χ0) is 21.4. The molecule has 1 heterocycles. The molecule has 1 atom stereocenters. The lowest BCUT2D eigenvalue weighted by molar-refractivity contribution is -0.139. The molecule has 1 aromatic rings. The summed E-state index contributed by atoms with van der Waals surface area (Å²) in [7, 11) is 0. The minimum atomic E-state index is -0.894. The van der Waals surface area contributed by atoms with Gasteiger partial charge in [-0.1, -0.05) is 45.0 Å². The Morgan fingerprint density at radius 2 is 1.64 bits per heavy atom. The summed E-state index contributed by atoms with van der Waals surface area (Å²) in [4.78, 5) is 21.4. The molecular weight excluding hydrogens is 360 g/mol. The fourth-order valence-corrected chi connectivity index (χ4v) is 1.82. The third-order valence-corrected chi connectivity index (χ3v) is 3.33.